The van der Waals surface area contributed by atoms with Crippen molar-refractivity contribution >= 4 is 17.2 Å². The van der Waals surface area contributed by atoms with Crippen LogP contribution in [0.2, 0.25) is 0 Å². The van der Waals surface area contributed by atoms with Gasteiger partial charge in [-0.25, -0.2) is 4.98 Å². The lowest BCUT2D eigenvalue weighted by Gasteiger charge is -2.31. The summed E-state index contributed by atoms with van der Waals surface area (Å²) in [6, 6.07) is 3.61. The fourth-order valence-corrected chi connectivity index (χ4v) is 3.15. The second-order valence-corrected chi connectivity index (χ2v) is 5.51. The Kier molecular flexibility index (Phi) is 3.55. The molecule has 0 aliphatic carbocycles. The molecule has 0 N–H and O–H groups in total. The van der Waals surface area contributed by atoms with Crippen molar-refractivity contribution in [3.8, 4) is 0 Å². The topological polar surface area (TPSA) is 46.1 Å². The van der Waals surface area contributed by atoms with Crippen LogP contribution in [0.5, 0.6) is 0 Å². The Labute approximate surface area is 116 Å². The normalized spacial score (nSPS) is 16.5. The number of likely N-dealkylation sites (tertiary alicyclic amines) is 1. The first kappa shape index (κ1) is 12.3. The number of piperidine rings is 1. The van der Waals surface area contributed by atoms with E-state index < -0.39 is 0 Å². The molecule has 1 saturated heterocycles. The summed E-state index contributed by atoms with van der Waals surface area (Å²) < 4.78 is 0. The maximum absolute atomic E-state index is 12.3. The molecule has 3 rings (SSSR count). The maximum Gasteiger partial charge on any atom is 0.255 e. The van der Waals surface area contributed by atoms with Crippen molar-refractivity contribution in [2.45, 2.75) is 18.8 Å². The standard InChI is InChI=1S/C14H14N3OS/c18-14(12-2-1-5-15-10-12)17-7-3-11(4-8-17)13-16-6-9-19-13/h1-2,5,9-11H,3-4,7-8H2. The Balaban J connectivity index is 1.63. The number of carbonyl (C=O) groups is 1. The van der Waals surface area contributed by atoms with Gasteiger partial charge in [0.25, 0.3) is 5.91 Å². The zero-order valence-corrected chi connectivity index (χ0v) is 11.3. The van der Waals surface area contributed by atoms with Crippen molar-refractivity contribution in [2.75, 3.05) is 13.1 Å². The first-order chi connectivity index (χ1) is 9.34. The molecule has 1 fully saturated rings. The van der Waals surface area contributed by atoms with Gasteiger partial charge in [-0.2, -0.15) is 0 Å². The van der Waals surface area contributed by atoms with Crippen LogP contribution in [0.1, 0.15) is 34.1 Å². The summed E-state index contributed by atoms with van der Waals surface area (Å²) in [5.74, 6) is 0.562. The van der Waals surface area contributed by atoms with Gasteiger partial charge in [0, 0.05) is 36.8 Å². The van der Waals surface area contributed by atoms with E-state index in [4.69, 9.17) is 0 Å². The van der Waals surface area contributed by atoms with Gasteiger partial charge >= 0.3 is 0 Å². The van der Waals surface area contributed by atoms with Crippen LogP contribution in [0.15, 0.2) is 29.9 Å². The van der Waals surface area contributed by atoms with Crippen LogP contribution < -0.4 is 0 Å². The van der Waals surface area contributed by atoms with E-state index in [1.54, 1.807) is 29.8 Å². The predicted octanol–water partition coefficient (Wildman–Crippen LogP) is 2.36. The Hall–Kier alpha value is -1.75. The quantitative estimate of drug-likeness (QED) is 0.843. The third-order valence-electron chi connectivity index (χ3n) is 3.45. The first-order valence-corrected chi connectivity index (χ1v) is 7.23. The van der Waals surface area contributed by atoms with E-state index in [9.17, 15) is 4.79 Å². The number of rotatable bonds is 2. The van der Waals surface area contributed by atoms with E-state index in [0.29, 0.717) is 11.5 Å². The van der Waals surface area contributed by atoms with Crippen LogP contribution in [0.4, 0.5) is 0 Å². The molecule has 4 nitrogen and oxygen atoms in total. The molecule has 5 heteroatoms. The van der Waals surface area contributed by atoms with Crippen molar-refractivity contribution in [1.29, 1.82) is 0 Å². The Morgan fingerprint density at radius 3 is 2.89 bits per heavy atom. The lowest BCUT2D eigenvalue weighted by atomic mass is 9.97. The van der Waals surface area contributed by atoms with Crippen molar-refractivity contribution in [1.82, 2.24) is 14.9 Å². The summed E-state index contributed by atoms with van der Waals surface area (Å²) in [5.41, 5.74) is 0.670. The number of amides is 1. The highest BCUT2D eigenvalue weighted by atomic mass is 32.1. The third kappa shape index (κ3) is 2.66. The summed E-state index contributed by atoms with van der Waals surface area (Å²) in [6.07, 6.45) is 8.14. The van der Waals surface area contributed by atoms with Gasteiger partial charge in [0.1, 0.15) is 6.20 Å². The second-order valence-electron chi connectivity index (χ2n) is 4.62. The van der Waals surface area contributed by atoms with Crippen molar-refractivity contribution in [3.05, 3.63) is 46.7 Å². The maximum atomic E-state index is 12.3. The summed E-state index contributed by atoms with van der Waals surface area (Å²) in [7, 11) is 0. The van der Waals surface area contributed by atoms with Crippen molar-refractivity contribution in [2.24, 2.45) is 0 Å². The number of thiazole rings is 1. The molecule has 1 aliphatic heterocycles. The molecule has 0 atom stereocenters. The van der Waals surface area contributed by atoms with Gasteiger partial charge in [0.2, 0.25) is 0 Å². The van der Waals surface area contributed by atoms with Gasteiger partial charge in [-0.1, -0.05) is 0 Å². The lowest BCUT2D eigenvalue weighted by Crippen LogP contribution is -2.37. The van der Waals surface area contributed by atoms with Crippen LogP contribution in [0.3, 0.4) is 0 Å². The van der Waals surface area contributed by atoms with Crippen molar-refractivity contribution in [3.63, 3.8) is 0 Å². The van der Waals surface area contributed by atoms with E-state index in [2.05, 4.69) is 16.2 Å². The van der Waals surface area contributed by atoms with Gasteiger partial charge in [-0.15, -0.1) is 11.3 Å². The minimum atomic E-state index is 0.0808. The molecule has 2 aromatic rings. The number of carbonyl (C=O) groups excluding carboxylic acids is 1. The highest BCUT2D eigenvalue weighted by Gasteiger charge is 2.25. The number of hydrogen-bond donors (Lipinski definition) is 0. The molecule has 0 saturated carbocycles. The monoisotopic (exact) mass is 272 g/mol. The zero-order chi connectivity index (χ0) is 13.1. The average molecular weight is 272 g/mol. The molecular formula is C14H14N3OS. The third-order valence-corrected chi connectivity index (χ3v) is 4.34. The molecule has 3 heterocycles. The molecule has 0 bridgehead atoms. The summed E-state index contributed by atoms with van der Waals surface area (Å²) >= 11 is 1.66. The van der Waals surface area contributed by atoms with Gasteiger partial charge in [-0.05, 0) is 25.0 Å². The summed E-state index contributed by atoms with van der Waals surface area (Å²) in [6.45, 7) is 1.58. The number of pyridine rings is 1. The molecule has 0 aromatic carbocycles. The van der Waals surface area contributed by atoms with Crippen LogP contribution >= 0.6 is 11.3 Å². The molecule has 1 amide bonds. The van der Waals surface area contributed by atoms with Crippen LogP contribution in [-0.2, 0) is 0 Å². The first-order valence-electron chi connectivity index (χ1n) is 6.35. The van der Waals surface area contributed by atoms with E-state index in [1.807, 2.05) is 16.3 Å². The van der Waals surface area contributed by atoms with E-state index in [-0.39, 0.29) is 5.91 Å². The average Bonchev–Trinajstić information content (AvgIpc) is 3.02. The highest BCUT2D eigenvalue weighted by Crippen LogP contribution is 2.29. The number of nitrogens with zero attached hydrogens (tertiary/aromatic N) is 3. The van der Waals surface area contributed by atoms with Crippen LogP contribution in [-0.4, -0.2) is 33.9 Å². The Morgan fingerprint density at radius 2 is 2.26 bits per heavy atom. The molecule has 0 spiro atoms. The van der Waals surface area contributed by atoms with Crippen molar-refractivity contribution < 1.29 is 4.79 Å². The van der Waals surface area contributed by atoms with Crippen LogP contribution in [0, 0.1) is 6.20 Å². The fraction of sp³-hybridized carbons (Fsp3) is 0.357. The summed E-state index contributed by atoms with van der Waals surface area (Å²) in [4.78, 5) is 22.4. The lowest BCUT2D eigenvalue weighted by molar-refractivity contribution is 0.0712. The minimum absolute atomic E-state index is 0.0808. The van der Waals surface area contributed by atoms with Gasteiger partial charge < -0.3 is 4.90 Å². The van der Waals surface area contributed by atoms with Gasteiger partial charge in [-0.3, -0.25) is 9.78 Å². The van der Waals surface area contributed by atoms with Gasteiger partial charge in [0.15, 0.2) is 0 Å². The van der Waals surface area contributed by atoms with Crippen LogP contribution in [0.25, 0.3) is 0 Å². The van der Waals surface area contributed by atoms with E-state index in [0.717, 1.165) is 30.9 Å². The number of hydrogen-bond acceptors (Lipinski definition) is 4. The Bertz CT molecular complexity index is 533. The summed E-state index contributed by atoms with van der Waals surface area (Å²) in [5, 5.41) is 3.04. The second kappa shape index (κ2) is 5.48. The largest absolute Gasteiger partial charge is 0.339 e. The number of aromatic nitrogens is 2. The highest BCUT2D eigenvalue weighted by molar-refractivity contribution is 7.09. The minimum Gasteiger partial charge on any atom is -0.339 e. The fourth-order valence-electron chi connectivity index (χ4n) is 2.39. The predicted molar refractivity (Wildman–Crippen MR) is 73.1 cm³/mol. The molecular weight excluding hydrogens is 258 g/mol. The van der Waals surface area contributed by atoms with E-state index in [1.165, 1.54) is 0 Å². The smallest absolute Gasteiger partial charge is 0.255 e. The van der Waals surface area contributed by atoms with E-state index >= 15 is 0 Å². The molecule has 2 aromatic heterocycles. The molecule has 0 unspecified atom stereocenters. The van der Waals surface area contributed by atoms with Gasteiger partial charge in [0.05, 0.1) is 10.6 Å². The molecule has 1 aliphatic rings. The Morgan fingerprint density at radius 1 is 1.42 bits per heavy atom. The SMILES string of the molecule is O=C(c1cccnc1)N1CCC(c2n[c]cs2)CC1. The molecule has 1 radical (unpaired) electrons. The zero-order valence-electron chi connectivity index (χ0n) is 10.5. The molecule has 97 valence electrons. The molecule has 19 heavy (non-hydrogen) atoms.